The lowest BCUT2D eigenvalue weighted by molar-refractivity contribution is -0.142. The molecule has 0 aliphatic carbocycles. The van der Waals surface area contributed by atoms with Crippen LogP contribution >= 0.6 is 0 Å². The fraction of sp³-hybridized carbons (Fsp3) is 0.385. The number of carbonyl (C=O) groups excluding carboxylic acids is 2. The van der Waals surface area contributed by atoms with Crippen molar-refractivity contribution in [2.45, 2.75) is 19.3 Å². The summed E-state index contributed by atoms with van der Waals surface area (Å²) in [5.74, 6) is -0.504. The highest BCUT2D eigenvalue weighted by atomic mass is 19.3. The Morgan fingerprint density at radius 1 is 1.35 bits per heavy atom. The number of carbonyl (C=O) groups is 2. The van der Waals surface area contributed by atoms with Crippen molar-refractivity contribution < 1.29 is 23.1 Å². The van der Waals surface area contributed by atoms with Gasteiger partial charge in [-0.15, -0.1) is 0 Å². The number of nitrogens with two attached hydrogens (primary N) is 1. The molecule has 0 heterocycles. The van der Waals surface area contributed by atoms with Crippen LogP contribution in [0.2, 0.25) is 0 Å². The van der Waals surface area contributed by atoms with Gasteiger partial charge in [0.15, 0.2) is 0 Å². The Morgan fingerprint density at radius 3 is 2.75 bits per heavy atom. The molecular formula is C13H16F2N2O3. The number of hydrogen-bond donors (Lipinski definition) is 2. The minimum Gasteiger partial charge on any atom is -0.465 e. The van der Waals surface area contributed by atoms with E-state index in [1.165, 1.54) is 18.2 Å². The van der Waals surface area contributed by atoms with E-state index in [0.717, 1.165) is 0 Å². The first-order valence-electron chi connectivity index (χ1n) is 6.05. The first-order chi connectivity index (χ1) is 9.49. The lowest BCUT2D eigenvalue weighted by atomic mass is 10.1. The van der Waals surface area contributed by atoms with E-state index in [1.54, 1.807) is 6.07 Å². The van der Waals surface area contributed by atoms with Crippen LogP contribution in [0.15, 0.2) is 24.3 Å². The maximum atomic E-state index is 12.5. The number of halogens is 2. The topological polar surface area (TPSA) is 81.4 Å². The summed E-state index contributed by atoms with van der Waals surface area (Å²) in [5.41, 5.74) is 5.21. The Bertz CT molecular complexity index is 467. The predicted octanol–water partition coefficient (Wildman–Crippen LogP) is 1.77. The van der Waals surface area contributed by atoms with Crippen LogP contribution < -0.4 is 11.1 Å². The van der Waals surface area contributed by atoms with Crippen molar-refractivity contribution >= 4 is 12.0 Å². The molecule has 3 N–H and O–H groups in total. The Balaban J connectivity index is 2.31. The van der Waals surface area contributed by atoms with E-state index in [4.69, 9.17) is 10.5 Å². The number of ether oxygens (including phenoxy) is 1. The van der Waals surface area contributed by atoms with Gasteiger partial charge < -0.3 is 15.8 Å². The maximum absolute atomic E-state index is 12.5. The molecule has 0 atom stereocenters. The molecule has 0 aromatic heterocycles. The molecule has 0 saturated carbocycles. The number of esters is 1. The SMILES string of the molecule is NC(=O)NCCCOC(=O)Cc1cccc(C(F)F)c1. The number of nitrogens with one attached hydrogen (secondary N) is 1. The molecule has 0 bridgehead atoms. The minimum absolute atomic E-state index is 0.0657. The second kappa shape index (κ2) is 8.08. The summed E-state index contributed by atoms with van der Waals surface area (Å²) in [6.45, 7) is 0.442. The number of benzene rings is 1. The normalized spacial score (nSPS) is 10.3. The van der Waals surface area contributed by atoms with E-state index >= 15 is 0 Å². The van der Waals surface area contributed by atoms with Crippen molar-refractivity contribution in [1.82, 2.24) is 5.32 Å². The lowest BCUT2D eigenvalue weighted by Crippen LogP contribution is -2.30. The summed E-state index contributed by atoms with van der Waals surface area (Å²) in [6.07, 6.45) is -2.19. The summed E-state index contributed by atoms with van der Waals surface area (Å²) in [7, 11) is 0. The molecule has 20 heavy (non-hydrogen) atoms. The Hall–Kier alpha value is -2.18. The number of hydrogen-bond acceptors (Lipinski definition) is 3. The van der Waals surface area contributed by atoms with E-state index in [0.29, 0.717) is 18.5 Å². The fourth-order valence-electron chi connectivity index (χ4n) is 1.53. The zero-order valence-corrected chi connectivity index (χ0v) is 10.8. The summed E-state index contributed by atoms with van der Waals surface area (Å²) < 4.78 is 29.9. The highest BCUT2D eigenvalue weighted by molar-refractivity contribution is 5.72. The summed E-state index contributed by atoms with van der Waals surface area (Å²) >= 11 is 0. The molecule has 1 aromatic rings. The zero-order valence-electron chi connectivity index (χ0n) is 10.8. The fourth-order valence-corrected chi connectivity index (χ4v) is 1.53. The first-order valence-corrected chi connectivity index (χ1v) is 6.05. The number of alkyl halides is 2. The lowest BCUT2D eigenvalue weighted by Gasteiger charge is -2.06. The summed E-state index contributed by atoms with van der Waals surface area (Å²) in [6, 6.07) is 5.00. The summed E-state index contributed by atoms with van der Waals surface area (Å²) in [5, 5.41) is 2.35. The van der Waals surface area contributed by atoms with Gasteiger partial charge in [-0.05, 0) is 18.1 Å². The van der Waals surface area contributed by atoms with Crippen LogP contribution in [0.1, 0.15) is 24.0 Å². The smallest absolute Gasteiger partial charge is 0.312 e. The molecule has 0 fully saturated rings. The molecule has 0 saturated heterocycles. The molecule has 0 aliphatic rings. The average molecular weight is 286 g/mol. The van der Waals surface area contributed by atoms with Gasteiger partial charge in [0.25, 0.3) is 6.43 Å². The second-order valence-corrected chi connectivity index (χ2v) is 4.09. The van der Waals surface area contributed by atoms with E-state index in [1.807, 2.05) is 0 Å². The van der Waals surface area contributed by atoms with Crippen molar-refractivity contribution in [3.8, 4) is 0 Å². The molecule has 0 unspecified atom stereocenters. The molecule has 1 aromatic carbocycles. The third-order valence-corrected chi connectivity index (χ3v) is 2.43. The molecule has 7 heteroatoms. The largest absolute Gasteiger partial charge is 0.465 e. The monoisotopic (exact) mass is 286 g/mol. The van der Waals surface area contributed by atoms with Crippen LogP contribution in [0.3, 0.4) is 0 Å². The molecule has 0 spiro atoms. The van der Waals surface area contributed by atoms with Crippen molar-refractivity contribution in [3.05, 3.63) is 35.4 Å². The molecular weight excluding hydrogens is 270 g/mol. The molecule has 5 nitrogen and oxygen atoms in total. The highest BCUT2D eigenvalue weighted by Gasteiger charge is 2.10. The first kappa shape index (κ1) is 15.9. The van der Waals surface area contributed by atoms with Gasteiger partial charge in [-0.25, -0.2) is 13.6 Å². The maximum Gasteiger partial charge on any atom is 0.312 e. The third-order valence-electron chi connectivity index (χ3n) is 2.43. The zero-order chi connectivity index (χ0) is 15.0. The van der Waals surface area contributed by atoms with Gasteiger partial charge in [0.1, 0.15) is 0 Å². The van der Waals surface area contributed by atoms with Crippen LogP contribution in [0, 0.1) is 0 Å². The molecule has 2 amide bonds. The quantitative estimate of drug-likeness (QED) is 0.592. The summed E-state index contributed by atoms with van der Waals surface area (Å²) in [4.78, 5) is 21.8. The van der Waals surface area contributed by atoms with E-state index in [2.05, 4.69) is 5.32 Å². The average Bonchev–Trinajstić information content (AvgIpc) is 2.38. The van der Waals surface area contributed by atoms with E-state index in [-0.39, 0.29) is 18.6 Å². The minimum atomic E-state index is -2.56. The Kier molecular flexibility index (Phi) is 6.42. The molecule has 0 radical (unpaired) electrons. The van der Waals surface area contributed by atoms with Crippen LogP contribution in [0.4, 0.5) is 13.6 Å². The van der Waals surface area contributed by atoms with Crippen LogP contribution in [-0.2, 0) is 16.0 Å². The number of urea groups is 1. The second-order valence-electron chi connectivity index (χ2n) is 4.09. The van der Waals surface area contributed by atoms with Gasteiger partial charge in [-0.2, -0.15) is 0 Å². The van der Waals surface area contributed by atoms with Crippen LogP contribution in [0.25, 0.3) is 0 Å². The van der Waals surface area contributed by atoms with Gasteiger partial charge in [0.2, 0.25) is 0 Å². The Morgan fingerprint density at radius 2 is 2.10 bits per heavy atom. The molecule has 0 aliphatic heterocycles. The van der Waals surface area contributed by atoms with Gasteiger partial charge in [-0.1, -0.05) is 18.2 Å². The molecule has 1 rings (SSSR count). The van der Waals surface area contributed by atoms with E-state index in [9.17, 15) is 18.4 Å². The Labute approximate surface area is 115 Å². The highest BCUT2D eigenvalue weighted by Crippen LogP contribution is 2.19. The third kappa shape index (κ3) is 6.12. The van der Waals surface area contributed by atoms with Crippen LogP contribution in [-0.4, -0.2) is 25.2 Å². The number of amides is 2. The van der Waals surface area contributed by atoms with Crippen molar-refractivity contribution in [2.24, 2.45) is 5.73 Å². The van der Waals surface area contributed by atoms with Gasteiger partial charge >= 0.3 is 12.0 Å². The van der Waals surface area contributed by atoms with E-state index < -0.39 is 18.4 Å². The predicted molar refractivity (Wildman–Crippen MR) is 68.3 cm³/mol. The number of rotatable bonds is 7. The van der Waals surface area contributed by atoms with Crippen molar-refractivity contribution in [3.63, 3.8) is 0 Å². The van der Waals surface area contributed by atoms with Crippen LogP contribution in [0.5, 0.6) is 0 Å². The van der Waals surface area contributed by atoms with Crippen molar-refractivity contribution in [2.75, 3.05) is 13.2 Å². The van der Waals surface area contributed by atoms with Gasteiger partial charge in [0.05, 0.1) is 13.0 Å². The standard InChI is InChI=1S/C13H16F2N2O3/c14-12(15)10-4-1-3-9(7-10)8-11(18)20-6-2-5-17-13(16)19/h1,3-4,7,12H,2,5-6,8H2,(H3,16,17,19). The number of primary amides is 1. The van der Waals surface area contributed by atoms with Gasteiger partial charge in [0, 0.05) is 12.1 Å². The van der Waals surface area contributed by atoms with Crippen molar-refractivity contribution in [1.29, 1.82) is 0 Å². The molecule has 110 valence electrons. The van der Waals surface area contributed by atoms with Gasteiger partial charge in [-0.3, -0.25) is 4.79 Å².